The molecule has 0 amide bonds. The van der Waals surface area contributed by atoms with Crippen molar-refractivity contribution in [1.29, 1.82) is 5.26 Å². The maximum absolute atomic E-state index is 9.13. The third kappa shape index (κ3) is 2.69. The highest BCUT2D eigenvalue weighted by molar-refractivity contribution is 5.74. The van der Waals surface area contributed by atoms with Gasteiger partial charge in [-0.1, -0.05) is 12.1 Å². The Morgan fingerprint density at radius 2 is 2.32 bits per heavy atom. The quantitative estimate of drug-likeness (QED) is 0.707. The molecule has 0 fully saturated rings. The summed E-state index contributed by atoms with van der Waals surface area (Å²) < 4.78 is 1.80. The molecule has 0 aliphatic heterocycles. The maximum atomic E-state index is 9.13. The number of anilines is 1. The first-order valence-electron chi connectivity index (χ1n) is 6.47. The van der Waals surface area contributed by atoms with Crippen LogP contribution in [0.2, 0.25) is 0 Å². The van der Waals surface area contributed by atoms with Crippen LogP contribution in [0.1, 0.15) is 5.82 Å². The standard InChI is InChI=1S/C14H12N8/c1-22-13(5-6-17-22)10-3-2-4-12(7-10)16-9-11(8-15)14-18-20-21-19-14/h2-7,9,16H,1H3,(H,18,19,20,21). The Morgan fingerprint density at radius 1 is 1.41 bits per heavy atom. The van der Waals surface area contributed by atoms with Gasteiger partial charge in [0.15, 0.2) is 0 Å². The number of aryl methyl sites for hydroxylation is 1. The molecule has 22 heavy (non-hydrogen) atoms. The number of benzene rings is 1. The van der Waals surface area contributed by atoms with Gasteiger partial charge in [-0.3, -0.25) is 4.68 Å². The fraction of sp³-hybridized carbons (Fsp3) is 0.0714. The molecule has 1 aromatic carbocycles. The molecule has 8 heteroatoms. The lowest BCUT2D eigenvalue weighted by Crippen LogP contribution is -1.95. The second-order valence-corrected chi connectivity index (χ2v) is 4.47. The van der Waals surface area contributed by atoms with Crippen molar-refractivity contribution in [3.05, 3.63) is 48.6 Å². The van der Waals surface area contributed by atoms with E-state index in [0.717, 1.165) is 16.9 Å². The molecule has 0 spiro atoms. The Morgan fingerprint density at radius 3 is 3.00 bits per heavy atom. The van der Waals surface area contributed by atoms with Gasteiger partial charge in [0.25, 0.3) is 0 Å². The third-order valence-electron chi connectivity index (χ3n) is 3.07. The molecule has 0 bridgehead atoms. The third-order valence-corrected chi connectivity index (χ3v) is 3.07. The average molecular weight is 292 g/mol. The van der Waals surface area contributed by atoms with E-state index in [9.17, 15) is 0 Å². The number of hydrogen-bond donors (Lipinski definition) is 2. The largest absolute Gasteiger partial charge is 0.360 e. The Kier molecular flexibility index (Phi) is 3.61. The molecule has 2 N–H and O–H groups in total. The number of aromatic nitrogens is 6. The summed E-state index contributed by atoms with van der Waals surface area (Å²) in [5.41, 5.74) is 3.16. The molecular formula is C14H12N8. The van der Waals surface area contributed by atoms with Gasteiger partial charge in [-0.05, 0) is 23.4 Å². The van der Waals surface area contributed by atoms with Gasteiger partial charge in [-0.15, -0.1) is 10.2 Å². The van der Waals surface area contributed by atoms with Gasteiger partial charge >= 0.3 is 0 Å². The summed E-state index contributed by atoms with van der Waals surface area (Å²) in [5, 5.41) is 29.7. The number of H-pyrrole nitrogens is 1. The van der Waals surface area contributed by atoms with E-state index in [2.05, 4.69) is 31.0 Å². The SMILES string of the molecule is Cn1nccc1-c1cccc(NC=C(C#N)c2nn[nH]n2)c1. The molecule has 3 rings (SSSR count). The number of nitriles is 1. The smallest absolute Gasteiger partial charge is 0.216 e. The van der Waals surface area contributed by atoms with Gasteiger partial charge in [0.2, 0.25) is 5.82 Å². The van der Waals surface area contributed by atoms with E-state index in [-0.39, 0.29) is 5.82 Å². The molecule has 0 unspecified atom stereocenters. The van der Waals surface area contributed by atoms with E-state index < -0.39 is 0 Å². The van der Waals surface area contributed by atoms with Crippen LogP contribution in [0.4, 0.5) is 5.69 Å². The first-order valence-corrected chi connectivity index (χ1v) is 6.47. The zero-order valence-electron chi connectivity index (χ0n) is 11.7. The zero-order chi connectivity index (χ0) is 15.4. The van der Waals surface area contributed by atoms with E-state index in [1.807, 2.05) is 43.4 Å². The lowest BCUT2D eigenvalue weighted by Gasteiger charge is -2.06. The van der Waals surface area contributed by atoms with Crippen LogP contribution in [0, 0.1) is 11.3 Å². The molecule has 2 heterocycles. The number of allylic oxidation sites excluding steroid dienone is 1. The predicted octanol–water partition coefficient (Wildman–Crippen LogP) is 1.58. The minimum atomic E-state index is 0.248. The van der Waals surface area contributed by atoms with Crippen molar-refractivity contribution in [3.63, 3.8) is 0 Å². The number of tetrazole rings is 1. The van der Waals surface area contributed by atoms with Crippen molar-refractivity contribution < 1.29 is 0 Å². The van der Waals surface area contributed by atoms with E-state index >= 15 is 0 Å². The van der Waals surface area contributed by atoms with Crippen LogP contribution in [0.25, 0.3) is 16.8 Å². The van der Waals surface area contributed by atoms with E-state index in [0.29, 0.717) is 5.57 Å². The van der Waals surface area contributed by atoms with Crippen molar-refractivity contribution in [2.24, 2.45) is 7.05 Å². The van der Waals surface area contributed by atoms with Gasteiger partial charge in [0, 0.05) is 30.7 Å². The topological polar surface area (TPSA) is 108 Å². The minimum Gasteiger partial charge on any atom is -0.360 e. The predicted molar refractivity (Wildman–Crippen MR) is 80.0 cm³/mol. The molecule has 3 aromatic rings. The second-order valence-electron chi connectivity index (χ2n) is 4.47. The van der Waals surface area contributed by atoms with Crippen LogP contribution in [-0.4, -0.2) is 30.4 Å². The molecule has 0 radical (unpaired) electrons. The summed E-state index contributed by atoms with van der Waals surface area (Å²) in [4.78, 5) is 0. The van der Waals surface area contributed by atoms with Crippen LogP contribution in [0.3, 0.4) is 0 Å². The molecule has 0 aliphatic carbocycles. The lowest BCUT2D eigenvalue weighted by atomic mass is 10.1. The first kappa shape index (κ1) is 13.5. The van der Waals surface area contributed by atoms with Gasteiger partial charge in [-0.2, -0.15) is 15.6 Å². The number of rotatable bonds is 4. The normalized spacial score (nSPS) is 11.2. The van der Waals surface area contributed by atoms with Crippen LogP contribution in [0.5, 0.6) is 0 Å². The van der Waals surface area contributed by atoms with Crippen molar-refractivity contribution in [1.82, 2.24) is 30.4 Å². The maximum Gasteiger partial charge on any atom is 0.216 e. The molecular weight excluding hydrogens is 280 g/mol. The number of nitrogens with one attached hydrogen (secondary N) is 2. The summed E-state index contributed by atoms with van der Waals surface area (Å²) in [5.74, 6) is 0.248. The van der Waals surface area contributed by atoms with E-state index in [1.54, 1.807) is 17.1 Å². The Hall–Kier alpha value is -3.47. The van der Waals surface area contributed by atoms with Crippen molar-refractivity contribution >= 4 is 11.3 Å². The van der Waals surface area contributed by atoms with Crippen LogP contribution < -0.4 is 5.32 Å². The van der Waals surface area contributed by atoms with Gasteiger partial charge in [0.05, 0.1) is 5.69 Å². The van der Waals surface area contributed by atoms with E-state index in [4.69, 9.17) is 5.26 Å². The fourth-order valence-corrected chi connectivity index (χ4v) is 2.00. The van der Waals surface area contributed by atoms with Gasteiger partial charge in [-0.25, -0.2) is 0 Å². The average Bonchev–Trinajstić information content (AvgIpc) is 3.20. The monoisotopic (exact) mass is 292 g/mol. The summed E-state index contributed by atoms with van der Waals surface area (Å²) >= 11 is 0. The molecule has 2 aromatic heterocycles. The molecule has 0 saturated carbocycles. The fourth-order valence-electron chi connectivity index (χ4n) is 2.00. The minimum absolute atomic E-state index is 0.248. The summed E-state index contributed by atoms with van der Waals surface area (Å²) in [6, 6.07) is 11.8. The summed E-state index contributed by atoms with van der Waals surface area (Å²) in [6.45, 7) is 0. The Labute approximate surface area is 126 Å². The number of aromatic amines is 1. The molecule has 0 saturated heterocycles. The van der Waals surface area contributed by atoms with E-state index in [1.165, 1.54) is 0 Å². The first-order chi connectivity index (χ1) is 10.8. The van der Waals surface area contributed by atoms with Crippen molar-refractivity contribution in [3.8, 4) is 17.3 Å². The van der Waals surface area contributed by atoms with Gasteiger partial charge < -0.3 is 5.32 Å². The van der Waals surface area contributed by atoms with Crippen molar-refractivity contribution in [2.75, 3.05) is 5.32 Å². The lowest BCUT2D eigenvalue weighted by molar-refractivity contribution is 0.776. The highest BCUT2D eigenvalue weighted by Crippen LogP contribution is 2.22. The van der Waals surface area contributed by atoms with Gasteiger partial charge in [0.1, 0.15) is 11.6 Å². The summed E-state index contributed by atoms with van der Waals surface area (Å²) in [7, 11) is 1.89. The number of hydrogen-bond acceptors (Lipinski definition) is 6. The molecule has 8 nitrogen and oxygen atoms in total. The number of nitrogens with zero attached hydrogens (tertiary/aromatic N) is 6. The van der Waals surface area contributed by atoms with Crippen molar-refractivity contribution in [2.45, 2.75) is 0 Å². The molecule has 0 atom stereocenters. The second kappa shape index (κ2) is 5.88. The van der Waals surface area contributed by atoms with Crippen LogP contribution in [-0.2, 0) is 7.05 Å². The molecule has 0 aliphatic rings. The van der Waals surface area contributed by atoms with Crippen LogP contribution in [0.15, 0.2) is 42.7 Å². The Bertz CT molecular complexity index is 838. The van der Waals surface area contributed by atoms with Crippen LogP contribution >= 0.6 is 0 Å². The summed E-state index contributed by atoms with van der Waals surface area (Å²) in [6.07, 6.45) is 3.30. The Balaban J connectivity index is 1.85. The zero-order valence-corrected chi connectivity index (χ0v) is 11.7. The molecule has 108 valence electrons. The highest BCUT2D eigenvalue weighted by Gasteiger charge is 2.06. The highest BCUT2D eigenvalue weighted by atomic mass is 15.5.